The molecule has 17 heavy (non-hydrogen) atoms. The van der Waals surface area contributed by atoms with E-state index in [4.69, 9.17) is 4.74 Å². The topological polar surface area (TPSA) is 66.8 Å². The fourth-order valence-electron chi connectivity index (χ4n) is 3.57. The van der Waals surface area contributed by atoms with Crippen molar-refractivity contribution in [2.45, 2.75) is 57.7 Å². The molecular weight excluding hydrogens is 220 g/mol. The van der Waals surface area contributed by atoms with Gasteiger partial charge in [-0.3, -0.25) is 4.79 Å². The lowest BCUT2D eigenvalue weighted by atomic mass is 9.66. The van der Waals surface area contributed by atoms with Crippen LogP contribution in [0.3, 0.4) is 0 Å². The van der Waals surface area contributed by atoms with Crippen molar-refractivity contribution in [2.24, 2.45) is 11.3 Å². The highest BCUT2D eigenvalue weighted by Crippen LogP contribution is 2.47. The Hall–Kier alpha value is -0.610. The second-order valence-electron chi connectivity index (χ2n) is 5.42. The summed E-state index contributed by atoms with van der Waals surface area (Å²) in [5.74, 6) is -0.951. The van der Waals surface area contributed by atoms with Crippen molar-refractivity contribution in [1.82, 2.24) is 0 Å². The Balaban J connectivity index is 2.28. The summed E-state index contributed by atoms with van der Waals surface area (Å²) in [5.41, 5.74) is -0.871. The SMILES string of the molecule is CC1OCCC1(C(=O)O)C1CCCCCC1O. The van der Waals surface area contributed by atoms with Crippen molar-refractivity contribution in [3.05, 3.63) is 0 Å². The minimum atomic E-state index is -0.871. The van der Waals surface area contributed by atoms with E-state index in [2.05, 4.69) is 0 Å². The zero-order valence-electron chi connectivity index (χ0n) is 10.4. The predicted molar refractivity (Wildman–Crippen MR) is 62.7 cm³/mol. The molecule has 1 aliphatic carbocycles. The summed E-state index contributed by atoms with van der Waals surface area (Å²) in [6, 6.07) is 0. The average Bonchev–Trinajstić information content (AvgIpc) is 2.53. The number of carboxylic acids is 1. The van der Waals surface area contributed by atoms with Gasteiger partial charge in [0, 0.05) is 12.5 Å². The van der Waals surface area contributed by atoms with Crippen LogP contribution in [0.4, 0.5) is 0 Å². The van der Waals surface area contributed by atoms with Gasteiger partial charge in [0.25, 0.3) is 0 Å². The zero-order chi connectivity index (χ0) is 12.5. The van der Waals surface area contributed by atoms with Crippen molar-refractivity contribution >= 4 is 5.97 Å². The second-order valence-corrected chi connectivity index (χ2v) is 5.42. The van der Waals surface area contributed by atoms with Gasteiger partial charge in [-0.1, -0.05) is 19.3 Å². The summed E-state index contributed by atoms with van der Waals surface area (Å²) in [5, 5.41) is 19.8. The van der Waals surface area contributed by atoms with E-state index in [-0.39, 0.29) is 12.0 Å². The van der Waals surface area contributed by atoms with Crippen LogP contribution in [-0.2, 0) is 9.53 Å². The first-order valence-corrected chi connectivity index (χ1v) is 6.62. The number of carboxylic acid groups (broad SMARTS) is 1. The third-order valence-electron chi connectivity index (χ3n) is 4.65. The van der Waals surface area contributed by atoms with E-state index in [1.54, 1.807) is 0 Å². The standard InChI is InChI=1S/C13H22O4/c1-9-13(12(15)16,7-8-17-9)10-5-3-2-4-6-11(10)14/h9-11,14H,2-8H2,1H3,(H,15,16). The van der Waals surface area contributed by atoms with Crippen LogP contribution in [0.2, 0.25) is 0 Å². The van der Waals surface area contributed by atoms with Crippen LogP contribution in [0.15, 0.2) is 0 Å². The van der Waals surface area contributed by atoms with Crippen LogP contribution in [0.25, 0.3) is 0 Å². The first kappa shape index (κ1) is 12.8. The molecule has 1 saturated heterocycles. The molecule has 0 aromatic carbocycles. The molecule has 2 aliphatic rings. The van der Waals surface area contributed by atoms with Crippen LogP contribution in [-0.4, -0.2) is 35.0 Å². The van der Waals surface area contributed by atoms with Crippen molar-refractivity contribution in [1.29, 1.82) is 0 Å². The maximum Gasteiger partial charge on any atom is 0.312 e. The van der Waals surface area contributed by atoms with E-state index in [0.29, 0.717) is 13.0 Å². The fraction of sp³-hybridized carbons (Fsp3) is 0.923. The van der Waals surface area contributed by atoms with Crippen molar-refractivity contribution in [3.8, 4) is 0 Å². The van der Waals surface area contributed by atoms with Gasteiger partial charge in [0.05, 0.1) is 12.2 Å². The summed E-state index contributed by atoms with van der Waals surface area (Å²) in [6.07, 6.45) is 4.40. The van der Waals surface area contributed by atoms with Crippen molar-refractivity contribution < 1.29 is 19.7 Å². The van der Waals surface area contributed by atoms with Crippen LogP contribution in [0, 0.1) is 11.3 Å². The summed E-state index contributed by atoms with van der Waals surface area (Å²) < 4.78 is 5.48. The minimum Gasteiger partial charge on any atom is -0.481 e. The number of hydrogen-bond acceptors (Lipinski definition) is 3. The van der Waals surface area contributed by atoms with Crippen LogP contribution < -0.4 is 0 Å². The number of aliphatic hydroxyl groups is 1. The quantitative estimate of drug-likeness (QED) is 0.725. The zero-order valence-corrected chi connectivity index (χ0v) is 10.4. The lowest BCUT2D eigenvalue weighted by molar-refractivity contribution is -0.161. The van der Waals surface area contributed by atoms with E-state index >= 15 is 0 Å². The van der Waals surface area contributed by atoms with Crippen LogP contribution in [0.1, 0.15) is 45.4 Å². The predicted octanol–water partition coefficient (Wildman–Crippen LogP) is 1.81. The normalized spacial score (nSPS) is 43.3. The van der Waals surface area contributed by atoms with Gasteiger partial charge in [0.1, 0.15) is 5.41 Å². The van der Waals surface area contributed by atoms with E-state index in [1.165, 1.54) is 0 Å². The van der Waals surface area contributed by atoms with Gasteiger partial charge in [-0.2, -0.15) is 0 Å². The molecule has 98 valence electrons. The molecule has 2 N–H and O–H groups in total. The van der Waals surface area contributed by atoms with E-state index in [9.17, 15) is 15.0 Å². The van der Waals surface area contributed by atoms with Gasteiger partial charge >= 0.3 is 5.97 Å². The van der Waals surface area contributed by atoms with Crippen LogP contribution >= 0.6 is 0 Å². The van der Waals surface area contributed by atoms with Gasteiger partial charge in [-0.05, 0) is 26.2 Å². The Morgan fingerprint density at radius 1 is 1.29 bits per heavy atom. The molecular formula is C13H22O4. The minimum absolute atomic E-state index is 0.153. The van der Waals surface area contributed by atoms with E-state index < -0.39 is 17.5 Å². The molecule has 1 aliphatic heterocycles. The average molecular weight is 242 g/mol. The summed E-state index contributed by atoms with van der Waals surface area (Å²) >= 11 is 0. The van der Waals surface area contributed by atoms with E-state index in [1.807, 2.05) is 6.92 Å². The van der Waals surface area contributed by atoms with Gasteiger partial charge in [-0.15, -0.1) is 0 Å². The third kappa shape index (κ3) is 2.08. The Kier molecular flexibility index (Phi) is 3.73. The lowest BCUT2D eigenvalue weighted by Gasteiger charge is -2.38. The first-order chi connectivity index (χ1) is 8.09. The largest absolute Gasteiger partial charge is 0.481 e. The number of aliphatic hydroxyl groups excluding tert-OH is 1. The number of aliphatic carboxylic acids is 1. The maximum atomic E-state index is 11.7. The lowest BCUT2D eigenvalue weighted by Crippen LogP contribution is -2.48. The molecule has 0 amide bonds. The van der Waals surface area contributed by atoms with Crippen molar-refractivity contribution in [2.75, 3.05) is 6.61 Å². The summed E-state index contributed by atoms with van der Waals surface area (Å²) in [6.45, 7) is 2.33. The molecule has 2 rings (SSSR count). The fourth-order valence-corrected chi connectivity index (χ4v) is 3.57. The highest BCUT2D eigenvalue weighted by atomic mass is 16.5. The van der Waals surface area contributed by atoms with E-state index in [0.717, 1.165) is 32.1 Å². The highest BCUT2D eigenvalue weighted by molar-refractivity contribution is 5.76. The Morgan fingerprint density at radius 2 is 2.00 bits per heavy atom. The number of hydrogen-bond donors (Lipinski definition) is 2. The smallest absolute Gasteiger partial charge is 0.312 e. The molecule has 0 radical (unpaired) electrons. The van der Waals surface area contributed by atoms with Gasteiger partial charge in [0.15, 0.2) is 0 Å². The molecule has 4 unspecified atom stereocenters. The van der Waals surface area contributed by atoms with Crippen LogP contribution in [0.5, 0.6) is 0 Å². The Bertz CT molecular complexity index is 291. The molecule has 4 nitrogen and oxygen atoms in total. The van der Waals surface area contributed by atoms with Gasteiger partial charge < -0.3 is 14.9 Å². The monoisotopic (exact) mass is 242 g/mol. The Labute approximate surface area is 102 Å². The van der Waals surface area contributed by atoms with Crippen molar-refractivity contribution in [3.63, 3.8) is 0 Å². The highest BCUT2D eigenvalue weighted by Gasteiger charge is 2.55. The first-order valence-electron chi connectivity index (χ1n) is 6.62. The second kappa shape index (κ2) is 4.94. The molecule has 1 heterocycles. The summed E-state index contributed by atoms with van der Waals surface area (Å²) in [7, 11) is 0. The molecule has 4 heteroatoms. The summed E-state index contributed by atoms with van der Waals surface area (Å²) in [4.78, 5) is 11.7. The third-order valence-corrected chi connectivity index (χ3v) is 4.65. The Morgan fingerprint density at radius 3 is 2.59 bits per heavy atom. The molecule has 4 atom stereocenters. The number of ether oxygens (including phenoxy) is 1. The van der Waals surface area contributed by atoms with Gasteiger partial charge in [-0.25, -0.2) is 0 Å². The molecule has 1 saturated carbocycles. The maximum absolute atomic E-state index is 11.7. The molecule has 0 spiro atoms. The van der Waals surface area contributed by atoms with Gasteiger partial charge in [0.2, 0.25) is 0 Å². The molecule has 0 bridgehead atoms. The molecule has 0 aromatic rings. The molecule has 2 fully saturated rings. The number of rotatable bonds is 2. The molecule has 0 aromatic heterocycles. The number of carbonyl (C=O) groups is 1.